The highest BCUT2D eigenvalue weighted by atomic mass is 19.1. The van der Waals surface area contributed by atoms with Crippen LogP contribution in [0.4, 0.5) is 10.1 Å². The van der Waals surface area contributed by atoms with E-state index in [1.54, 1.807) is 54.6 Å². The maximum atomic E-state index is 14.9. The van der Waals surface area contributed by atoms with Crippen LogP contribution in [0.15, 0.2) is 75.9 Å². The first-order valence-corrected chi connectivity index (χ1v) is 9.78. The summed E-state index contributed by atoms with van der Waals surface area (Å²) in [6.45, 7) is 3.64. The quantitative estimate of drug-likeness (QED) is 0.430. The second kappa shape index (κ2) is 8.07. The van der Waals surface area contributed by atoms with Crippen LogP contribution in [0.5, 0.6) is 0 Å². The molecule has 1 atom stereocenters. The van der Waals surface area contributed by atoms with Crippen LogP contribution in [0.3, 0.4) is 0 Å². The zero-order valence-corrected chi connectivity index (χ0v) is 17.0. The average Bonchev–Trinajstić information content (AvgIpc) is 2.77. The summed E-state index contributed by atoms with van der Waals surface area (Å²) in [5.74, 6) is -2.11. The molecule has 3 aromatic carbocycles. The van der Waals surface area contributed by atoms with E-state index in [0.29, 0.717) is 16.8 Å². The Labute approximate surface area is 177 Å². The number of carbonyl (C=O) groups is 1. The van der Waals surface area contributed by atoms with E-state index in [1.165, 1.54) is 6.07 Å². The average molecular weight is 417 g/mol. The Morgan fingerprint density at radius 3 is 2.45 bits per heavy atom. The van der Waals surface area contributed by atoms with E-state index in [4.69, 9.17) is 4.42 Å². The second-order valence-electron chi connectivity index (χ2n) is 7.39. The standard InChI is InChI=1S/C25H20FNO4/c1-14-12-18(15(2)27-20-11-7-6-10-17(20)25(29)30)24-19(13-14)22(28)21(26)23(31-24)16-8-4-3-5-9-16/h3-13,15,27H,1-2H3,(H,29,30)/t15-/m1/s1. The van der Waals surface area contributed by atoms with E-state index in [0.717, 1.165) is 5.56 Å². The van der Waals surface area contributed by atoms with Gasteiger partial charge in [-0.25, -0.2) is 4.79 Å². The van der Waals surface area contributed by atoms with Crippen molar-refractivity contribution in [1.82, 2.24) is 0 Å². The highest BCUT2D eigenvalue weighted by Crippen LogP contribution is 2.32. The molecular weight excluding hydrogens is 397 g/mol. The zero-order chi connectivity index (χ0) is 22.1. The van der Waals surface area contributed by atoms with Gasteiger partial charge >= 0.3 is 5.97 Å². The molecule has 31 heavy (non-hydrogen) atoms. The van der Waals surface area contributed by atoms with Crippen LogP contribution in [0.1, 0.15) is 34.5 Å². The topological polar surface area (TPSA) is 79.5 Å². The minimum atomic E-state index is -1.05. The Hall–Kier alpha value is -3.93. The number of anilines is 1. The molecule has 0 radical (unpaired) electrons. The Morgan fingerprint density at radius 2 is 1.74 bits per heavy atom. The molecule has 0 saturated carbocycles. The van der Waals surface area contributed by atoms with Crippen LogP contribution in [0.2, 0.25) is 0 Å². The number of carboxylic acid groups (broad SMARTS) is 1. The summed E-state index contributed by atoms with van der Waals surface area (Å²) in [7, 11) is 0. The van der Waals surface area contributed by atoms with Gasteiger partial charge in [0.25, 0.3) is 0 Å². The van der Waals surface area contributed by atoms with Crippen molar-refractivity contribution in [3.05, 3.63) is 99.5 Å². The molecule has 156 valence electrons. The number of benzene rings is 3. The SMILES string of the molecule is Cc1cc([C@@H](C)Nc2ccccc2C(=O)O)c2oc(-c3ccccc3)c(F)c(=O)c2c1. The van der Waals surface area contributed by atoms with E-state index in [-0.39, 0.29) is 22.3 Å². The molecule has 0 saturated heterocycles. The number of aromatic carboxylic acids is 1. The lowest BCUT2D eigenvalue weighted by Crippen LogP contribution is -2.14. The first-order chi connectivity index (χ1) is 14.9. The molecule has 0 spiro atoms. The molecule has 1 aromatic heterocycles. The Balaban J connectivity index is 1.89. The van der Waals surface area contributed by atoms with E-state index in [2.05, 4.69) is 5.32 Å². The van der Waals surface area contributed by atoms with Crippen molar-refractivity contribution in [2.45, 2.75) is 19.9 Å². The van der Waals surface area contributed by atoms with Crippen LogP contribution in [-0.4, -0.2) is 11.1 Å². The normalized spacial score (nSPS) is 12.0. The molecule has 0 bridgehead atoms. The summed E-state index contributed by atoms with van der Waals surface area (Å²) in [4.78, 5) is 24.4. The van der Waals surface area contributed by atoms with Crippen molar-refractivity contribution in [2.24, 2.45) is 0 Å². The Morgan fingerprint density at radius 1 is 1.06 bits per heavy atom. The van der Waals surface area contributed by atoms with E-state index >= 15 is 0 Å². The van der Waals surface area contributed by atoms with Gasteiger partial charge in [0.1, 0.15) is 5.58 Å². The first-order valence-electron chi connectivity index (χ1n) is 9.78. The van der Waals surface area contributed by atoms with Gasteiger partial charge in [0.05, 0.1) is 17.0 Å². The van der Waals surface area contributed by atoms with Gasteiger partial charge in [-0.3, -0.25) is 4.79 Å². The third-order valence-corrected chi connectivity index (χ3v) is 5.14. The minimum absolute atomic E-state index is 0.124. The van der Waals surface area contributed by atoms with Crippen molar-refractivity contribution in [3.63, 3.8) is 0 Å². The molecule has 0 fully saturated rings. The summed E-state index contributed by atoms with van der Waals surface area (Å²) in [5, 5.41) is 12.8. The molecule has 0 aliphatic heterocycles. The fourth-order valence-corrected chi connectivity index (χ4v) is 3.66. The Bertz CT molecular complexity index is 1350. The van der Waals surface area contributed by atoms with Gasteiger partial charge in [0.2, 0.25) is 11.2 Å². The number of aryl methyl sites for hydroxylation is 1. The number of hydrogen-bond donors (Lipinski definition) is 2. The highest BCUT2D eigenvalue weighted by molar-refractivity contribution is 5.94. The molecule has 4 aromatic rings. The number of rotatable bonds is 5. The number of halogens is 1. The van der Waals surface area contributed by atoms with Crippen LogP contribution in [0, 0.1) is 12.7 Å². The van der Waals surface area contributed by atoms with Gasteiger partial charge in [-0.05, 0) is 37.6 Å². The smallest absolute Gasteiger partial charge is 0.337 e. The molecular formula is C25H20FNO4. The number of nitrogens with one attached hydrogen (secondary N) is 1. The minimum Gasteiger partial charge on any atom is -0.478 e. The van der Waals surface area contributed by atoms with Crippen molar-refractivity contribution in [1.29, 1.82) is 0 Å². The molecule has 5 nitrogen and oxygen atoms in total. The maximum absolute atomic E-state index is 14.9. The maximum Gasteiger partial charge on any atom is 0.337 e. The van der Waals surface area contributed by atoms with Crippen molar-refractivity contribution < 1.29 is 18.7 Å². The lowest BCUT2D eigenvalue weighted by Gasteiger charge is -2.19. The molecule has 1 heterocycles. The predicted octanol–water partition coefficient (Wildman–Crippen LogP) is 5.78. The molecule has 0 amide bonds. The third-order valence-electron chi connectivity index (χ3n) is 5.14. The van der Waals surface area contributed by atoms with Crippen LogP contribution in [0.25, 0.3) is 22.3 Å². The highest BCUT2D eigenvalue weighted by Gasteiger charge is 2.21. The molecule has 0 unspecified atom stereocenters. The van der Waals surface area contributed by atoms with Crippen molar-refractivity contribution >= 4 is 22.6 Å². The summed E-state index contributed by atoms with van der Waals surface area (Å²) < 4.78 is 20.8. The molecule has 6 heteroatoms. The Kier molecular flexibility index (Phi) is 5.29. The lowest BCUT2D eigenvalue weighted by atomic mass is 10.00. The number of hydrogen-bond acceptors (Lipinski definition) is 4. The fraction of sp³-hybridized carbons (Fsp3) is 0.120. The number of para-hydroxylation sites is 1. The van der Waals surface area contributed by atoms with Crippen molar-refractivity contribution in [3.8, 4) is 11.3 Å². The zero-order valence-electron chi connectivity index (χ0n) is 17.0. The first kappa shape index (κ1) is 20.3. The molecule has 0 aliphatic rings. The lowest BCUT2D eigenvalue weighted by molar-refractivity contribution is 0.0698. The summed E-state index contributed by atoms with van der Waals surface area (Å²) in [6, 6.07) is 18.2. The van der Waals surface area contributed by atoms with Gasteiger partial charge < -0.3 is 14.8 Å². The largest absolute Gasteiger partial charge is 0.478 e. The van der Waals surface area contributed by atoms with Gasteiger partial charge in [-0.2, -0.15) is 4.39 Å². The monoisotopic (exact) mass is 417 g/mol. The van der Waals surface area contributed by atoms with Gasteiger partial charge in [0, 0.05) is 16.8 Å². The molecule has 0 aliphatic carbocycles. The number of fused-ring (bicyclic) bond motifs is 1. The van der Waals surface area contributed by atoms with E-state index in [9.17, 15) is 19.1 Å². The van der Waals surface area contributed by atoms with Gasteiger partial charge in [-0.1, -0.05) is 48.5 Å². The third kappa shape index (κ3) is 3.80. The molecule has 4 rings (SSSR count). The fourth-order valence-electron chi connectivity index (χ4n) is 3.66. The van der Waals surface area contributed by atoms with Crippen LogP contribution in [-0.2, 0) is 0 Å². The summed E-state index contributed by atoms with van der Waals surface area (Å²) in [6.07, 6.45) is 0. The predicted molar refractivity (Wildman–Crippen MR) is 118 cm³/mol. The van der Waals surface area contributed by atoms with Gasteiger partial charge in [0.15, 0.2) is 5.76 Å². The van der Waals surface area contributed by atoms with Gasteiger partial charge in [-0.15, -0.1) is 0 Å². The molecule has 2 N–H and O–H groups in total. The summed E-state index contributed by atoms with van der Waals surface area (Å²) in [5.41, 5.74) is 1.95. The van der Waals surface area contributed by atoms with Crippen molar-refractivity contribution in [2.75, 3.05) is 5.32 Å². The second-order valence-corrected chi connectivity index (χ2v) is 7.39. The van der Waals surface area contributed by atoms with E-state index in [1.807, 2.05) is 19.9 Å². The number of carboxylic acids is 1. The van der Waals surface area contributed by atoms with Crippen LogP contribution < -0.4 is 10.7 Å². The van der Waals surface area contributed by atoms with E-state index < -0.39 is 23.3 Å². The summed E-state index contributed by atoms with van der Waals surface area (Å²) >= 11 is 0. The van der Waals surface area contributed by atoms with Crippen LogP contribution >= 0.6 is 0 Å².